The van der Waals surface area contributed by atoms with E-state index in [4.69, 9.17) is 18.9 Å². The van der Waals surface area contributed by atoms with E-state index in [0.717, 1.165) is 57.8 Å². The molecule has 10 nitrogen and oxygen atoms in total. The molecule has 10 heteroatoms. The highest BCUT2D eigenvalue weighted by atomic mass is 16.6. The maximum atomic E-state index is 12.9. The van der Waals surface area contributed by atoms with Gasteiger partial charge < -0.3 is 39.4 Å². The van der Waals surface area contributed by atoms with Gasteiger partial charge in [-0.2, -0.15) is 0 Å². The van der Waals surface area contributed by atoms with Crippen LogP contribution in [0.15, 0.2) is 24.3 Å². The lowest BCUT2D eigenvalue weighted by atomic mass is 10.0. The minimum Gasteiger partial charge on any atom is -0.457 e. The molecule has 1 rings (SSSR count). The van der Waals surface area contributed by atoms with Crippen LogP contribution in [0.2, 0.25) is 0 Å². The maximum Gasteiger partial charge on any atom is 0.306 e. The first-order valence-electron chi connectivity index (χ1n) is 22.4. The number of hydrogen-bond donors (Lipinski definition) is 4. The van der Waals surface area contributed by atoms with Crippen molar-refractivity contribution in [1.82, 2.24) is 0 Å². The number of carbonyl (C=O) groups excluding carboxylic acids is 2. The Morgan fingerprint density at radius 3 is 1.69 bits per heavy atom. The second-order valence-corrected chi connectivity index (χ2v) is 15.5. The predicted octanol–water partition coefficient (Wildman–Crippen LogP) is 8.99. The van der Waals surface area contributed by atoms with E-state index in [-0.39, 0.29) is 32.2 Å². The first-order valence-corrected chi connectivity index (χ1v) is 22.4. The van der Waals surface area contributed by atoms with Gasteiger partial charge in [0.15, 0.2) is 12.2 Å². The molecule has 0 aromatic carbocycles. The maximum absolute atomic E-state index is 12.9. The normalized spacial score (nSPS) is 19.0. The molecule has 1 aliphatic heterocycles. The van der Waals surface area contributed by atoms with Crippen molar-refractivity contribution in [3.8, 4) is 0 Å². The monoisotopic (exact) mass is 783 g/mol. The van der Waals surface area contributed by atoms with Crippen molar-refractivity contribution >= 4 is 11.9 Å². The lowest BCUT2D eigenvalue weighted by molar-refractivity contribution is -0.171. The standard InChI is InChI=1S/C45H82O10/c1-3-5-7-9-11-13-15-17-18-19-21-23-25-27-29-31-42(50)55-44-40(49)37-53-45(44)41(35-47)54-43(51)33-32-39(52-36-38(48)34-46)30-28-26-24-22-20-16-14-12-10-8-6-4-2/h17-18,20,22,38-41,44-49H,3-16,19,21,23-37H2,1-2H3/b18-17-,22-20-/t38?,39?,40-,41+,44+,45+/m0/s1. The van der Waals surface area contributed by atoms with E-state index in [0.29, 0.717) is 19.3 Å². The zero-order valence-corrected chi connectivity index (χ0v) is 34.9. The van der Waals surface area contributed by atoms with Crippen molar-refractivity contribution in [3.05, 3.63) is 24.3 Å². The van der Waals surface area contributed by atoms with Gasteiger partial charge >= 0.3 is 11.9 Å². The number of aliphatic hydroxyl groups is 4. The topological polar surface area (TPSA) is 152 Å². The Morgan fingerprint density at radius 2 is 1.16 bits per heavy atom. The largest absolute Gasteiger partial charge is 0.457 e. The Kier molecular flexibility index (Phi) is 34.0. The van der Waals surface area contributed by atoms with Gasteiger partial charge in [-0.1, -0.05) is 128 Å². The summed E-state index contributed by atoms with van der Waals surface area (Å²) in [5.74, 6) is -1.02. The Morgan fingerprint density at radius 1 is 0.655 bits per heavy atom. The van der Waals surface area contributed by atoms with Crippen molar-refractivity contribution < 1.29 is 49.0 Å². The number of hydrogen-bond acceptors (Lipinski definition) is 10. The summed E-state index contributed by atoms with van der Waals surface area (Å²) < 4.78 is 22.7. The van der Waals surface area contributed by atoms with Crippen LogP contribution in [-0.4, -0.2) is 95.4 Å². The molecule has 1 heterocycles. The van der Waals surface area contributed by atoms with Crippen LogP contribution in [0.5, 0.6) is 0 Å². The SMILES string of the molecule is CCCCCCCC/C=C\CCCCCCCC(=O)O[C@H]1[C@@H]([C@@H](CO)OC(=O)CCC(CCCC/C=C\CCCCCCCC)OCC(O)CO)OC[C@@H]1O. The highest BCUT2D eigenvalue weighted by Crippen LogP contribution is 2.25. The quantitative estimate of drug-likeness (QED) is 0.0271. The van der Waals surface area contributed by atoms with Gasteiger partial charge in [-0.25, -0.2) is 0 Å². The highest BCUT2D eigenvalue weighted by molar-refractivity contribution is 5.70. The number of allylic oxidation sites excluding steroid dienone is 4. The van der Waals surface area contributed by atoms with Crippen LogP contribution in [0.25, 0.3) is 0 Å². The fraction of sp³-hybridized carbons (Fsp3) is 0.867. The molecule has 0 aromatic rings. The van der Waals surface area contributed by atoms with E-state index in [1.165, 1.54) is 83.5 Å². The van der Waals surface area contributed by atoms with Crippen LogP contribution in [0.4, 0.5) is 0 Å². The van der Waals surface area contributed by atoms with E-state index < -0.39 is 55.7 Å². The Labute approximate surface area is 334 Å². The average Bonchev–Trinajstić information content (AvgIpc) is 3.54. The molecule has 6 atom stereocenters. The molecule has 0 spiro atoms. The number of ether oxygens (including phenoxy) is 4. The molecule has 322 valence electrons. The minimum atomic E-state index is -1.11. The molecule has 0 bridgehead atoms. The third kappa shape index (κ3) is 28.3. The molecule has 1 saturated heterocycles. The van der Waals surface area contributed by atoms with E-state index in [9.17, 15) is 30.0 Å². The second-order valence-electron chi connectivity index (χ2n) is 15.5. The lowest BCUT2D eigenvalue weighted by Gasteiger charge is -2.27. The van der Waals surface area contributed by atoms with Crippen LogP contribution in [0, 0.1) is 0 Å². The Balaban J connectivity index is 2.37. The first kappa shape index (κ1) is 51.2. The van der Waals surface area contributed by atoms with Gasteiger partial charge in [-0.15, -0.1) is 0 Å². The molecule has 4 N–H and O–H groups in total. The number of esters is 2. The van der Waals surface area contributed by atoms with E-state index >= 15 is 0 Å². The van der Waals surface area contributed by atoms with Gasteiger partial charge in [0, 0.05) is 12.8 Å². The zero-order chi connectivity index (χ0) is 40.2. The van der Waals surface area contributed by atoms with Crippen LogP contribution < -0.4 is 0 Å². The summed E-state index contributed by atoms with van der Waals surface area (Å²) in [6, 6.07) is 0. The summed E-state index contributed by atoms with van der Waals surface area (Å²) in [7, 11) is 0. The predicted molar refractivity (Wildman–Crippen MR) is 220 cm³/mol. The third-order valence-electron chi connectivity index (χ3n) is 10.3. The van der Waals surface area contributed by atoms with Crippen molar-refractivity contribution in [1.29, 1.82) is 0 Å². The fourth-order valence-electron chi connectivity index (χ4n) is 6.87. The van der Waals surface area contributed by atoms with E-state index in [1.807, 2.05) is 0 Å². The van der Waals surface area contributed by atoms with Gasteiger partial charge in [0.2, 0.25) is 0 Å². The van der Waals surface area contributed by atoms with Gasteiger partial charge in [-0.3, -0.25) is 9.59 Å². The molecule has 0 saturated carbocycles. The third-order valence-corrected chi connectivity index (χ3v) is 10.3. The van der Waals surface area contributed by atoms with E-state index in [1.54, 1.807) is 0 Å². The van der Waals surface area contributed by atoms with Crippen LogP contribution in [0.3, 0.4) is 0 Å². The Hall–Kier alpha value is -1.82. The number of aliphatic hydroxyl groups excluding tert-OH is 4. The average molecular weight is 783 g/mol. The summed E-state index contributed by atoms with van der Waals surface area (Å²) in [6.07, 6.45) is 31.6. The van der Waals surface area contributed by atoms with Crippen molar-refractivity contribution in [2.24, 2.45) is 0 Å². The number of unbranched alkanes of at least 4 members (excludes halogenated alkanes) is 19. The zero-order valence-electron chi connectivity index (χ0n) is 34.9. The Bertz CT molecular complexity index is 956. The summed E-state index contributed by atoms with van der Waals surface area (Å²) in [6.45, 7) is 3.38. The van der Waals surface area contributed by atoms with Gasteiger partial charge in [0.25, 0.3) is 0 Å². The van der Waals surface area contributed by atoms with Gasteiger partial charge in [0.1, 0.15) is 18.3 Å². The van der Waals surface area contributed by atoms with E-state index in [2.05, 4.69) is 38.2 Å². The van der Waals surface area contributed by atoms with Crippen LogP contribution >= 0.6 is 0 Å². The van der Waals surface area contributed by atoms with Crippen molar-refractivity contribution in [2.45, 2.75) is 224 Å². The van der Waals surface area contributed by atoms with Crippen LogP contribution in [0.1, 0.15) is 187 Å². The highest BCUT2D eigenvalue weighted by Gasteiger charge is 2.45. The van der Waals surface area contributed by atoms with Crippen molar-refractivity contribution in [3.63, 3.8) is 0 Å². The summed E-state index contributed by atoms with van der Waals surface area (Å²) in [4.78, 5) is 25.6. The molecule has 0 amide bonds. The van der Waals surface area contributed by atoms with Crippen LogP contribution in [-0.2, 0) is 28.5 Å². The minimum absolute atomic E-state index is 0.00372. The summed E-state index contributed by atoms with van der Waals surface area (Å²) in [5.41, 5.74) is 0. The van der Waals surface area contributed by atoms with Gasteiger partial charge in [-0.05, 0) is 70.6 Å². The summed E-state index contributed by atoms with van der Waals surface area (Å²) in [5, 5.41) is 39.6. The molecule has 55 heavy (non-hydrogen) atoms. The molecule has 0 aromatic heterocycles. The molecule has 2 unspecified atom stereocenters. The molecular weight excluding hydrogens is 700 g/mol. The lowest BCUT2D eigenvalue weighted by Crippen LogP contribution is -2.45. The molecule has 1 aliphatic rings. The molecule has 0 aliphatic carbocycles. The smallest absolute Gasteiger partial charge is 0.306 e. The molecule has 0 radical (unpaired) electrons. The second kappa shape index (κ2) is 36.5. The fourth-order valence-corrected chi connectivity index (χ4v) is 6.87. The van der Waals surface area contributed by atoms with Gasteiger partial charge in [0.05, 0.1) is 32.5 Å². The molecular formula is C45H82O10. The summed E-state index contributed by atoms with van der Waals surface area (Å²) >= 11 is 0. The number of carbonyl (C=O) groups is 2. The van der Waals surface area contributed by atoms with Crippen molar-refractivity contribution in [2.75, 3.05) is 26.4 Å². The first-order chi connectivity index (χ1) is 26.9. The number of rotatable bonds is 38. The molecule has 1 fully saturated rings.